The van der Waals surface area contributed by atoms with Gasteiger partial charge in [-0.2, -0.15) is 0 Å². The van der Waals surface area contributed by atoms with E-state index in [1.54, 1.807) is 0 Å². The minimum atomic E-state index is 0.112. The molecule has 0 saturated heterocycles. The Bertz CT molecular complexity index is 512. The first-order valence-corrected chi connectivity index (χ1v) is 7.76. The van der Waals surface area contributed by atoms with Crippen LogP contribution < -0.4 is 10.6 Å². The second-order valence-corrected chi connectivity index (χ2v) is 6.35. The molecular formula is C16H20N2S. The van der Waals surface area contributed by atoms with Crippen molar-refractivity contribution in [2.75, 3.05) is 4.90 Å². The van der Waals surface area contributed by atoms with Crippen LogP contribution in [0, 0.1) is 0 Å². The minimum absolute atomic E-state index is 0.112. The van der Waals surface area contributed by atoms with Crippen LogP contribution in [0.1, 0.15) is 36.2 Å². The highest BCUT2D eigenvalue weighted by Gasteiger charge is 2.29. The zero-order valence-electron chi connectivity index (χ0n) is 11.3. The number of hydrogen-bond donors (Lipinski definition) is 1. The van der Waals surface area contributed by atoms with Gasteiger partial charge in [-0.1, -0.05) is 18.2 Å². The second kappa shape index (κ2) is 5.35. The van der Waals surface area contributed by atoms with Gasteiger partial charge in [-0.15, -0.1) is 11.3 Å². The number of rotatable bonds is 5. The molecular weight excluding hydrogens is 252 g/mol. The summed E-state index contributed by atoms with van der Waals surface area (Å²) in [6.07, 6.45) is 2.64. The molecule has 1 aromatic heterocycles. The first kappa shape index (κ1) is 12.7. The Labute approximate surface area is 118 Å². The molecule has 2 aromatic rings. The van der Waals surface area contributed by atoms with Gasteiger partial charge in [0.1, 0.15) is 0 Å². The van der Waals surface area contributed by atoms with E-state index in [2.05, 4.69) is 46.7 Å². The summed E-state index contributed by atoms with van der Waals surface area (Å²) in [6.45, 7) is 3.05. The SMILES string of the molecule is C[C@H](N)c1ccc(N(Cc2cccs2)C2CC2)cc1. The van der Waals surface area contributed by atoms with Crippen molar-refractivity contribution in [1.29, 1.82) is 0 Å². The molecule has 1 aromatic carbocycles. The maximum absolute atomic E-state index is 5.91. The highest BCUT2D eigenvalue weighted by molar-refractivity contribution is 7.09. The molecule has 3 rings (SSSR count). The lowest BCUT2D eigenvalue weighted by Crippen LogP contribution is -2.24. The third kappa shape index (κ3) is 2.99. The lowest BCUT2D eigenvalue weighted by molar-refractivity contribution is 0.796. The topological polar surface area (TPSA) is 29.3 Å². The van der Waals surface area contributed by atoms with Gasteiger partial charge in [-0.3, -0.25) is 0 Å². The maximum Gasteiger partial charge on any atom is 0.0525 e. The quantitative estimate of drug-likeness (QED) is 0.893. The molecule has 0 spiro atoms. The average molecular weight is 272 g/mol. The zero-order chi connectivity index (χ0) is 13.2. The summed E-state index contributed by atoms with van der Waals surface area (Å²) in [6, 6.07) is 13.9. The smallest absolute Gasteiger partial charge is 0.0525 e. The van der Waals surface area contributed by atoms with Crippen molar-refractivity contribution in [3.05, 3.63) is 52.2 Å². The summed E-state index contributed by atoms with van der Waals surface area (Å²) in [5, 5.41) is 2.15. The molecule has 0 amide bonds. The largest absolute Gasteiger partial charge is 0.363 e. The second-order valence-electron chi connectivity index (χ2n) is 5.32. The molecule has 100 valence electrons. The van der Waals surface area contributed by atoms with E-state index in [-0.39, 0.29) is 6.04 Å². The van der Waals surface area contributed by atoms with Crippen LogP contribution in [0.3, 0.4) is 0 Å². The molecule has 2 nitrogen and oxygen atoms in total. The molecule has 0 aliphatic heterocycles. The van der Waals surface area contributed by atoms with Gasteiger partial charge in [0.15, 0.2) is 0 Å². The van der Waals surface area contributed by atoms with E-state index in [0.29, 0.717) is 0 Å². The third-order valence-electron chi connectivity index (χ3n) is 3.64. The number of hydrogen-bond acceptors (Lipinski definition) is 3. The van der Waals surface area contributed by atoms with Gasteiger partial charge >= 0.3 is 0 Å². The first-order valence-electron chi connectivity index (χ1n) is 6.88. The maximum atomic E-state index is 5.91. The van der Waals surface area contributed by atoms with Crippen LogP contribution in [0.5, 0.6) is 0 Å². The summed E-state index contributed by atoms with van der Waals surface area (Å²) < 4.78 is 0. The van der Waals surface area contributed by atoms with Crippen molar-refractivity contribution in [3.63, 3.8) is 0 Å². The highest BCUT2D eigenvalue weighted by atomic mass is 32.1. The predicted octanol–water partition coefficient (Wildman–Crippen LogP) is 3.94. The van der Waals surface area contributed by atoms with Crippen molar-refractivity contribution in [2.45, 2.75) is 38.4 Å². The van der Waals surface area contributed by atoms with Gasteiger partial charge < -0.3 is 10.6 Å². The minimum Gasteiger partial charge on any atom is -0.363 e. The van der Waals surface area contributed by atoms with Gasteiger partial charge in [-0.25, -0.2) is 0 Å². The number of nitrogens with two attached hydrogens (primary N) is 1. The Hall–Kier alpha value is -1.32. The molecule has 0 bridgehead atoms. The number of nitrogens with zero attached hydrogens (tertiary/aromatic N) is 1. The van der Waals surface area contributed by atoms with Crippen LogP contribution in [0.15, 0.2) is 41.8 Å². The number of thiophene rings is 1. The van der Waals surface area contributed by atoms with Crippen molar-refractivity contribution in [1.82, 2.24) is 0 Å². The fourth-order valence-corrected chi connectivity index (χ4v) is 3.06. The van der Waals surface area contributed by atoms with Crippen LogP contribution >= 0.6 is 11.3 Å². The highest BCUT2D eigenvalue weighted by Crippen LogP contribution is 2.34. The van der Waals surface area contributed by atoms with E-state index >= 15 is 0 Å². The summed E-state index contributed by atoms with van der Waals surface area (Å²) in [4.78, 5) is 3.96. The van der Waals surface area contributed by atoms with E-state index in [0.717, 1.165) is 12.6 Å². The molecule has 1 fully saturated rings. The Morgan fingerprint density at radius 1 is 1.26 bits per heavy atom. The normalized spacial score (nSPS) is 16.3. The van der Waals surface area contributed by atoms with Gasteiger partial charge in [0, 0.05) is 22.6 Å². The molecule has 1 aliphatic rings. The van der Waals surface area contributed by atoms with E-state index < -0.39 is 0 Å². The van der Waals surface area contributed by atoms with Crippen molar-refractivity contribution < 1.29 is 0 Å². The van der Waals surface area contributed by atoms with Crippen LogP contribution in [0.2, 0.25) is 0 Å². The molecule has 1 saturated carbocycles. The molecule has 0 radical (unpaired) electrons. The van der Waals surface area contributed by atoms with E-state index in [4.69, 9.17) is 5.73 Å². The van der Waals surface area contributed by atoms with Crippen molar-refractivity contribution in [2.24, 2.45) is 5.73 Å². The Kier molecular flexibility index (Phi) is 3.58. The average Bonchev–Trinajstić information content (AvgIpc) is 3.13. The van der Waals surface area contributed by atoms with Crippen LogP contribution in [-0.4, -0.2) is 6.04 Å². The fourth-order valence-electron chi connectivity index (χ4n) is 2.36. The van der Waals surface area contributed by atoms with Gasteiger partial charge in [0.2, 0.25) is 0 Å². The van der Waals surface area contributed by atoms with E-state index in [1.807, 2.05) is 18.3 Å². The first-order chi connectivity index (χ1) is 9.24. The summed E-state index contributed by atoms with van der Waals surface area (Å²) in [5.41, 5.74) is 8.43. The van der Waals surface area contributed by atoms with Crippen LogP contribution in [-0.2, 0) is 6.54 Å². The summed E-state index contributed by atoms with van der Waals surface area (Å²) in [7, 11) is 0. The fraction of sp³-hybridized carbons (Fsp3) is 0.375. The van der Waals surface area contributed by atoms with Gasteiger partial charge in [0.25, 0.3) is 0 Å². The summed E-state index contributed by atoms with van der Waals surface area (Å²) >= 11 is 1.84. The zero-order valence-corrected chi connectivity index (χ0v) is 12.1. The number of anilines is 1. The molecule has 1 aliphatic carbocycles. The molecule has 1 heterocycles. The van der Waals surface area contributed by atoms with Gasteiger partial charge in [0.05, 0.1) is 6.54 Å². The lowest BCUT2D eigenvalue weighted by Gasteiger charge is -2.24. The van der Waals surface area contributed by atoms with E-state index in [9.17, 15) is 0 Å². The molecule has 1 atom stereocenters. The monoisotopic (exact) mass is 272 g/mol. The van der Waals surface area contributed by atoms with E-state index in [1.165, 1.54) is 29.0 Å². The molecule has 19 heavy (non-hydrogen) atoms. The van der Waals surface area contributed by atoms with Crippen molar-refractivity contribution in [3.8, 4) is 0 Å². The standard InChI is InChI=1S/C16H20N2S/c1-12(17)13-4-6-14(7-5-13)18(15-8-9-15)11-16-3-2-10-19-16/h2-7,10,12,15H,8-9,11,17H2,1H3/t12-/m0/s1. The third-order valence-corrected chi connectivity index (χ3v) is 4.51. The number of benzene rings is 1. The Morgan fingerprint density at radius 3 is 2.53 bits per heavy atom. The van der Waals surface area contributed by atoms with Crippen LogP contribution in [0.25, 0.3) is 0 Å². The lowest BCUT2D eigenvalue weighted by atomic mass is 10.1. The molecule has 2 N–H and O–H groups in total. The predicted molar refractivity (Wildman–Crippen MR) is 82.6 cm³/mol. The van der Waals surface area contributed by atoms with Crippen LogP contribution in [0.4, 0.5) is 5.69 Å². The Morgan fingerprint density at radius 2 is 2.00 bits per heavy atom. The summed E-state index contributed by atoms with van der Waals surface area (Å²) in [5.74, 6) is 0. The molecule has 0 unspecified atom stereocenters. The van der Waals surface area contributed by atoms with Gasteiger partial charge in [-0.05, 0) is 48.9 Å². The Balaban J connectivity index is 1.79. The van der Waals surface area contributed by atoms with Crippen molar-refractivity contribution >= 4 is 17.0 Å². The molecule has 3 heteroatoms.